The molecule has 1 aromatic heterocycles. The molecule has 0 radical (unpaired) electrons. The summed E-state index contributed by atoms with van der Waals surface area (Å²) < 4.78 is 0. The van der Waals surface area contributed by atoms with Crippen molar-refractivity contribution in [3.8, 4) is 0 Å². The number of aliphatic imine (C=N–C) groups is 1. The van der Waals surface area contributed by atoms with E-state index in [0.29, 0.717) is 27.8 Å². The summed E-state index contributed by atoms with van der Waals surface area (Å²) in [5.41, 5.74) is 2.35. The molecular formula is C19H17Cl2N5O. The van der Waals surface area contributed by atoms with Gasteiger partial charge in [0.25, 0.3) is 5.91 Å². The van der Waals surface area contributed by atoms with Crippen molar-refractivity contribution in [2.75, 3.05) is 0 Å². The molecule has 0 aliphatic carbocycles. The first-order valence-electron chi connectivity index (χ1n) is 8.16. The Bertz CT molecular complexity index is 967. The van der Waals surface area contributed by atoms with Gasteiger partial charge in [-0.05, 0) is 43.7 Å². The molecule has 138 valence electrons. The lowest BCUT2D eigenvalue weighted by Gasteiger charge is -2.30. The fourth-order valence-electron chi connectivity index (χ4n) is 2.68. The van der Waals surface area contributed by atoms with Crippen molar-refractivity contribution in [3.63, 3.8) is 0 Å². The Morgan fingerprint density at radius 1 is 1.26 bits per heavy atom. The molecule has 6 nitrogen and oxygen atoms in total. The summed E-state index contributed by atoms with van der Waals surface area (Å²) >= 11 is 12.2. The number of hydrogen-bond donors (Lipinski definition) is 1. The quantitative estimate of drug-likeness (QED) is 0.605. The highest BCUT2D eigenvalue weighted by Gasteiger charge is 2.30. The van der Waals surface area contributed by atoms with Crippen LogP contribution in [0.4, 0.5) is 5.82 Å². The zero-order valence-corrected chi connectivity index (χ0v) is 16.2. The lowest BCUT2D eigenvalue weighted by molar-refractivity contribution is 0.0808. The highest BCUT2D eigenvalue weighted by atomic mass is 35.5. The van der Waals surface area contributed by atoms with Crippen LogP contribution >= 0.6 is 23.2 Å². The van der Waals surface area contributed by atoms with Gasteiger partial charge in [0.05, 0.1) is 27.4 Å². The summed E-state index contributed by atoms with van der Waals surface area (Å²) in [4.78, 5) is 23.2. The molecule has 2 N–H and O–H groups in total. The Morgan fingerprint density at radius 2 is 2.04 bits per heavy atom. The van der Waals surface area contributed by atoms with E-state index in [1.807, 2.05) is 19.9 Å². The minimum absolute atomic E-state index is 0.208. The van der Waals surface area contributed by atoms with E-state index in [0.717, 1.165) is 5.56 Å². The van der Waals surface area contributed by atoms with Crippen LogP contribution in [0.15, 0.2) is 58.9 Å². The third-order valence-corrected chi connectivity index (χ3v) is 4.97. The van der Waals surface area contributed by atoms with E-state index < -0.39 is 6.04 Å². The number of carbonyl (C=O) groups excluding carboxylic acids is 1. The molecule has 1 aromatic carbocycles. The summed E-state index contributed by atoms with van der Waals surface area (Å²) in [5.74, 6) is 5.81. The van der Waals surface area contributed by atoms with Crippen LogP contribution in [0, 0.1) is 6.92 Å². The zero-order valence-electron chi connectivity index (χ0n) is 14.7. The van der Waals surface area contributed by atoms with Crippen LogP contribution in [-0.2, 0) is 0 Å². The van der Waals surface area contributed by atoms with Gasteiger partial charge >= 0.3 is 0 Å². The number of aromatic nitrogens is 1. The standard InChI is InChI=1S/C19H17Cl2N5O/c1-11-6-7-16(23-10-11)24-15-8-9-26(12(2)18(15)25-22)19(27)13-4-3-5-14(20)17(13)21/h3-10,12H,22H2,1-2H3. The maximum Gasteiger partial charge on any atom is 0.259 e. The van der Waals surface area contributed by atoms with E-state index in [1.54, 1.807) is 42.7 Å². The smallest absolute Gasteiger partial charge is 0.259 e. The number of nitrogens with two attached hydrogens (primary N) is 1. The van der Waals surface area contributed by atoms with Crippen molar-refractivity contribution >= 4 is 46.4 Å². The molecule has 1 aliphatic heterocycles. The second-order valence-electron chi connectivity index (χ2n) is 6.01. The summed E-state index contributed by atoms with van der Waals surface area (Å²) in [7, 11) is 0. The van der Waals surface area contributed by atoms with Gasteiger partial charge in [-0.3, -0.25) is 4.79 Å². The van der Waals surface area contributed by atoms with Gasteiger partial charge in [-0.1, -0.05) is 35.3 Å². The van der Waals surface area contributed by atoms with Crippen LogP contribution < -0.4 is 5.84 Å². The van der Waals surface area contributed by atoms with Gasteiger partial charge in [0.15, 0.2) is 5.82 Å². The number of benzene rings is 1. The zero-order chi connectivity index (χ0) is 19.6. The number of amides is 1. The Balaban J connectivity index is 1.96. The normalized spacial score (nSPS) is 19.7. The van der Waals surface area contributed by atoms with Gasteiger partial charge in [0.1, 0.15) is 5.71 Å². The van der Waals surface area contributed by atoms with Crippen molar-refractivity contribution in [2.45, 2.75) is 19.9 Å². The molecular weight excluding hydrogens is 385 g/mol. The first-order chi connectivity index (χ1) is 12.9. The number of carbonyl (C=O) groups is 1. The van der Waals surface area contributed by atoms with E-state index in [1.165, 1.54) is 4.90 Å². The second kappa shape index (κ2) is 7.90. The molecule has 8 heteroatoms. The maximum atomic E-state index is 12.9. The first kappa shape index (κ1) is 19.1. The van der Waals surface area contributed by atoms with E-state index in [2.05, 4.69) is 15.1 Å². The number of allylic oxidation sites excluding steroid dienone is 1. The number of halogens is 2. The second-order valence-corrected chi connectivity index (χ2v) is 6.80. The molecule has 2 heterocycles. The Morgan fingerprint density at radius 3 is 2.70 bits per heavy atom. The fraction of sp³-hybridized carbons (Fsp3) is 0.158. The summed E-state index contributed by atoms with van der Waals surface area (Å²) in [5, 5.41) is 4.37. The summed E-state index contributed by atoms with van der Waals surface area (Å²) in [6, 6.07) is 8.20. The highest BCUT2D eigenvalue weighted by Crippen LogP contribution is 2.28. The average Bonchev–Trinajstić information content (AvgIpc) is 2.66. The molecule has 1 atom stereocenters. The number of rotatable bonds is 2. The largest absolute Gasteiger partial charge is 0.323 e. The van der Waals surface area contributed by atoms with Crippen molar-refractivity contribution in [3.05, 3.63) is 70.0 Å². The maximum absolute atomic E-state index is 12.9. The average molecular weight is 402 g/mol. The van der Waals surface area contributed by atoms with Gasteiger partial charge in [-0.2, -0.15) is 5.10 Å². The van der Waals surface area contributed by atoms with Crippen LogP contribution in [-0.4, -0.2) is 33.3 Å². The lowest BCUT2D eigenvalue weighted by Crippen LogP contribution is -2.46. The van der Waals surface area contributed by atoms with E-state index in [4.69, 9.17) is 29.0 Å². The van der Waals surface area contributed by atoms with Crippen LogP contribution in [0.3, 0.4) is 0 Å². The van der Waals surface area contributed by atoms with Crippen LogP contribution in [0.1, 0.15) is 22.8 Å². The van der Waals surface area contributed by atoms with Gasteiger partial charge in [-0.15, -0.1) is 0 Å². The molecule has 3 rings (SSSR count). The molecule has 1 unspecified atom stereocenters. The van der Waals surface area contributed by atoms with E-state index >= 15 is 0 Å². The van der Waals surface area contributed by atoms with Crippen LogP contribution in [0.2, 0.25) is 10.0 Å². The van der Waals surface area contributed by atoms with Crippen molar-refractivity contribution in [1.29, 1.82) is 0 Å². The highest BCUT2D eigenvalue weighted by molar-refractivity contribution is 6.49. The van der Waals surface area contributed by atoms with Crippen LogP contribution in [0.5, 0.6) is 0 Å². The Hall–Kier alpha value is -2.70. The lowest BCUT2D eigenvalue weighted by atomic mass is 10.0. The van der Waals surface area contributed by atoms with Gasteiger partial charge in [0.2, 0.25) is 0 Å². The third-order valence-electron chi connectivity index (χ3n) is 4.15. The minimum atomic E-state index is -0.438. The minimum Gasteiger partial charge on any atom is -0.323 e. The molecule has 27 heavy (non-hydrogen) atoms. The monoisotopic (exact) mass is 401 g/mol. The van der Waals surface area contributed by atoms with Gasteiger partial charge in [-0.25, -0.2) is 9.98 Å². The summed E-state index contributed by atoms with van der Waals surface area (Å²) in [6.07, 6.45) is 5.03. The van der Waals surface area contributed by atoms with Crippen LogP contribution in [0.25, 0.3) is 0 Å². The predicted molar refractivity (Wildman–Crippen MR) is 109 cm³/mol. The Kier molecular flexibility index (Phi) is 5.58. The molecule has 0 spiro atoms. The topological polar surface area (TPSA) is 83.9 Å². The molecule has 0 saturated heterocycles. The van der Waals surface area contributed by atoms with E-state index in [-0.39, 0.29) is 10.9 Å². The number of hydrazone groups is 1. The predicted octanol–water partition coefficient (Wildman–Crippen LogP) is 4.14. The first-order valence-corrected chi connectivity index (χ1v) is 8.92. The fourth-order valence-corrected chi connectivity index (χ4v) is 3.06. The molecule has 1 amide bonds. The molecule has 0 saturated carbocycles. The number of hydrogen-bond acceptors (Lipinski definition) is 5. The van der Waals surface area contributed by atoms with Gasteiger partial charge < -0.3 is 10.7 Å². The van der Waals surface area contributed by atoms with Crippen molar-refractivity contribution in [2.24, 2.45) is 15.9 Å². The van der Waals surface area contributed by atoms with Crippen molar-refractivity contribution < 1.29 is 4.79 Å². The molecule has 1 aliphatic rings. The van der Waals surface area contributed by atoms with E-state index in [9.17, 15) is 4.79 Å². The third kappa shape index (κ3) is 3.86. The van der Waals surface area contributed by atoms with Gasteiger partial charge in [0, 0.05) is 12.4 Å². The number of aryl methyl sites for hydroxylation is 1. The van der Waals surface area contributed by atoms with Crippen molar-refractivity contribution in [1.82, 2.24) is 9.88 Å². The number of pyridine rings is 1. The molecule has 2 aromatic rings. The summed E-state index contributed by atoms with van der Waals surface area (Å²) in [6.45, 7) is 3.76. The SMILES string of the molecule is Cc1ccc(N=C2C=CN(C(=O)c3cccc(Cl)c3Cl)C(C)C2=NN)nc1. The molecule has 0 bridgehead atoms. The number of nitrogens with zero attached hydrogens (tertiary/aromatic N) is 4. The molecule has 0 fully saturated rings. The Labute approximate surface area is 167 Å².